The Morgan fingerprint density at radius 3 is 1.23 bits per heavy atom. The van der Waals surface area contributed by atoms with Crippen LogP contribution in [0.5, 0.6) is 0 Å². The molecule has 10 heteroatoms. The van der Waals surface area contributed by atoms with Crippen molar-refractivity contribution >= 4 is 6.98 Å². The summed E-state index contributed by atoms with van der Waals surface area (Å²) in [5.74, 6) is -5.68. The van der Waals surface area contributed by atoms with Crippen molar-refractivity contribution in [1.82, 2.24) is 0 Å². The zero-order valence-electron chi connectivity index (χ0n) is 6.31. The summed E-state index contributed by atoms with van der Waals surface area (Å²) in [5, 5.41) is 0. The summed E-state index contributed by atoms with van der Waals surface area (Å²) in [6.45, 7) is -6.13. The van der Waals surface area contributed by atoms with Gasteiger partial charge < -0.3 is 12.9 Å². The summed E-state index contributed by atoms with van der Waals surface area (Å²) in [6.07, 6.45) is -9.25. The van der Waals surface area contributed by atoms with E-state index in [0.29, 0.717) is 0 Å². The SMILES string of the molecule is F[B-](F)(F)CC(F)(F)C(F)(F)F.[K+]. The van der Waals surface area contributed by atoms with Crippen LogP contribution in [0.25, 0.3) is 0 Å². The van der Waals surface area contributed by atoms with Crippen molar-refractivity contribution in [2.24, 2.45) is 0 Å². The van der Waals surface area contributed by atoms with Gasteiger partial charge in [0.2, 0.25) is 0 Å². The minimum absolute atomic E-state index is 0. The molecule has 0 saturated heterocycles. The molecule has 13 heavy (non-hydrogen) atoms. The Kier molecular flexibility index (Phi) is 6.09. The largest absolute Gasteiger partial charge is 1.00 e. The normalized spacial score (nSPS) is 13.8. The van der Waals surface area contributed by atoms with Crippen LogP contribution < -0.4 is 51.4 Å². The summed E-state index contributed by atoms with van der Waals surface area (Å²) in [7, 11) is 0. The first-order valence-corrected chi connectivity index (χ1v) is 2.61. The van der Waals surface area contributed by atoms with Crippen LogP contribution in [0.1, 0.15) is 0 Å². The monoisotopic (exact) mass is 240 g/mol. The van der Waals surface area contributed by atoms with Crippen molar-refractivity contribution in [3.8, 4) is 0 Å². The van der Waals surface area contributed by atoms with Gasteiger partial charge in [0.1, 0.15) is 0 Å². The molecule has 0 radical (unpaired) electrons. The van der Waals surface area contributed by atoms with Gasteiger partial charge in [0.05, 0.1) is 0 Å². The molecule has 0 atom stereocenters. The van der Waals surface area contributed by atoms with E-state index in [-0.39, 0.29) is 51.4 Å². The van der Waals surface area contributed by atoms with E-state index >= 15 is 0 Å². The van der Waals surface area contributed by atoms with E-state index in [1.54, 1.807) is 0 Å². The number of rotatable bonds is 2. The van der Waals surface area contributed by atoms with E-state index in [1.807, 2.05) is 0 Å². The third-order valence-electron chi connectivity index (χ3n) is 0.903. The Bertz CT molecular complexity index is 158. The van der Waals surface area contributed by atoms with Gasteiger partial charge in [0, 0.05) is 0 Å². The standard InChI is InChI=1S/C3H2BF8.K/c5-2(6,3(7,8)9)1-4(10,11)12;/h1H2;/q-1;+1. The molecule has 0 N–H and O–H groups in total. The van der Waals surface area contributed by atoms with E-state index in [9.17, 15) is 34.9 Å². The van der Waals surface area contributed by atoms with E-state index in [1.165, 1.54) is 0 Å². The van der Waals surface area contributed by atoms with Gasteiger partial charge in [-0.3, -0.25) is 0 Å². The maximum Gasteiger partial charge on any atom is 1.00 e. The predicted molar refractivity (Wildman–Crippen MR) is 24.9 cm³/mol. The Labute approximate surface area is 111 Å². The molecule has 0 spiro atoms. The van der Waals surface area contributed by atoms with Gasteiger partial charge in [0.15, 0.2) is 0 Å². The van der Waals surface area contributed by atoms with Gasteiger partial charge in [-0.2, -0.15) is 22.0 Å². The molecule has 0 aromatic rings. The molecule has 0 bridgehead atoms. The van der Waals surface area contributed by atoms with Gasteiger partial charge in [-0.1, -0.05) is 0 Å². The number of hydrogen-bond acceptors (Lipinski definition) is 0. The zero-order valence-corrected chi connectivity index (χ0v) is 9.43. The molecule has 0 amide bonds. The minimum Gasteiger partial charge on any atom is -0.449 e. The predicted octanol–water partition coefficient (Wildman–Crippen LogP) is 0.0354. The minimum atomic E-state index is -6.13. The van der Waals surface area contributed by atoms with Crippen molar-refractivity contribution in [2.45, 2.75) is 18.4 Å². The number of alkyl halides is 5. The summed E-state index contributed by atoms with van der Waals surface area (Å²) in [4.78, 5) is 0. The van der Waals surface area contributed by atoms with Crippen molar-refractivity contribution in [2.75, 3.05) is 0 Å². The smallest absolute Gasteiger partial charge is 0.449 e. The Morgan fingerprint density at radius 2 is 1.15 bits per heavy atom. The molecule has 74 valence electrons. The molecule has 0 aromatic heterocycles. The van der Waals surface area contributed by atoms with Crippen LogP contribution in [-0.2, 0) is 0 Å². The van der Waals surface area contributed by atoms with Crippen molar-refractivity contribution in [3.63, 3.8) is 0 Å². The van der Waals surface area contributed by atoms with Crippen LogP contribution in [0.2, 0.25) is 6.32 Å². The fourth-order valence-electron chi connectivity index (χ4n) is 0.406. The molecule has 0 aromatic carbocycles. The Balaban J connectivity index is 0. The third-order valence-corrected chi connectivity index (χ3v) is 0.903. The summed E-state index contributed by atoms with van der Waals surface area (Å²) >= 11 is 0. The fourth-order valence-corrected chi connectivity index (χ4v) is 0.406. The van der Waals surface area contributed by atoms with Gasteiger partial charge in [0.25, 0.3) is 0 Å². The number of hydrogen-bond donors (Lipinski definition) is 0. The second-order valence-corrected chi connectivity index (χ2v) is 2.12. The van der Waals surface area contributed by atoms with Gasteiger partial charge >= 0.3 is 70.5 Å². The third kappa shape index (κ3) is 6.26. The first-order chi connectivity index (χ1) is 4.96. The average molecular weight is 240 g/mol. The number of halogens is 8. The first-order valence-electron chi connectivity index (χ1n) is 2.61. The Morgan fingerprint density at radius 1 is 0.846 bits per heavy atom. The molecule has 0 rings (SSSR count). The molecule has 0 nitrogen and oxygen atoms in total. The summed E-state index contributed by atoms with van der Waals surface area (Å²) in [5.41, 5.74) is 0. The van der Waals surface area contributed by atoms with Crippen LogP contribution in [-0.4, -0.2) is 19.1 Å². The van der Waals surface area contributed by atoms with E-state index in [4.69, 9.17) is 0 Å². The van der Waals surface area contributed by atoms with Gasteiger partial charge in [-0.15, -0.1) is 0 Å². The average Bonchev–Trinajstić information content (AvgIpc) is 1.52. The molecule has 0 unspecified atom stereocenters. The van der Waals surface area contributed by atoms with Crippen LogP contribution >= 0.6 is 0 Å². The molecule has 0 aliphatic carbocycles. The molecule has 0 aliphatic heterocycles. The molecule has 0 saturated carbocycles. The Hall–Kier alpha value is 1.14. The van der Waals surface area contributed by atoms with Gasteiger partial charge in [-0.25, -0.2) is 0 Å². The second kappa shape index (κ2) is 4.78. The molecule has 0 heterocycles. The maximum absolute atomic E-state index is 11.6. The summed E-state index contributed by atoms with van der Waals surface area (Å²) in [6, 6.07) is 0. The zero-order chi connectivity index (χ0) is 10.2. The maximum atomic E-state index is 11.6. The van der Waals surface area contributed by atoms with Crippen LogP contribution in [0, 0.1) is 0 Å². The molecular formula is C3H2BF8K. The van der Waals surface area contributed by atoms with Crippen LogP contribution in [0.4, 0.5) is 34.9 Å². The van der Waals surface area contributed by atoms with Crippen molar-refractivity contribution in [1.29, 1.82) is 0 Å². The quantitative estimate of drug-likeness (QED) is 0.472. The van der Waals surface area contributed by atoms with Crippen molar-refractivity contribution in [3.05, 3.63) is 0 Å². The van der Waals surface area contributed by atoms with E-state index in [0.717, 1.165) is 0 Å². The van der Waals surface area contributed by atoms with Crippen molar-refractivity contribution < 1.29 is 86.3 Å². The molecule has 0 fully saturated rings. The van der Waals surface area contributed by atoms with Gasteiger partial charge in [-0.05, 0) is 6.32 Å². The molecular weight excluding hydrogens is 238 g/mol. The van der Waals surface area contributed by atoms with Crippen LogP contribution in [0.3, 0.4) is 0 Å². The topological polar surface area (TPSA) is 0 Å². The first kappa shape index (κ1) is 16.6. The van der Waals surface area contributed by atoms with Crippen LogP contribution in [0.15, 0.2) is 0 Å². The fraction of sp³-hybridized carbons (Fsp3) is 1.00. The second-order valence-electron chi connectivity index (χ2n) is 2.12. The summed E-state index contributed by atoms with van der Waals surface area (Å²) < 4.78 is 90.1. The van der Waals surface area contributed by atoms with E-state index < -0.39 is 25.4 Å². The van der Waals surface area contributed by atoms with E-state index in [2.05, 4.69) is 0 Å². The molecule has 0 aliphatic rings.